The monoisotopic (exact) mass is 237 g/mol. The van der Waals surface area contributed by atoms with E-state index in [0.29, 0.717) is 16.6 Å². The molecule has 5 nitrogen and oxygen atoms in total. The van der Waals surface area contributed by atoms with Gasteiger partial charge in [0.05, 0.1) is 0 Å². The fraction of sp³-hybridized carbons (Fsp3) is 0.500. The summed E-state index contributed by atoms with van der Waals surface area (Å²) in [5.74, 6) is 1.42. The highest BCUT2D eigenvalue weighted by Gasteiger charge is 2.09. The van der Waals surface area contributed by atoms with Gasteiger partial charge in [-0.05, 0) is 12.7 Å². The van der Waals surface area contributed by atoms with E-state index in [1.807, 2.05) is 6.26 Å². The molecule has 16 heavy (non-hydrogen) atoms. The van der Waals surface area contributed by atoms with Crippen LogP contribution >= 0.6 is 11.8 Å². The van der Waals surface area contributed by atoms with Crippen LogP contribution in [0.2, 0.25) is 0 Å². The van der Waals surface area contributed by atoms with E-state index in [1.54, 1.807) is 0 Å². The molecule has 0 unspecified atom stereocenters. The molecule has 0 aliphatic heterocycles. The predicted octanol–water partition coefficient (Wildman–Crippen LogP) is 2.00. The van der Waals surface area contributed by atoms with Crippen molar-refractivity contribution < 1.29 is 0 Å². The Morgan fingerprint density at radius 3 is 2.81 bits per heavy atom. The lowest BCUT2D eigenvalue weighted by Crippen LogP contribution is -1.95. The molecule has 0 saturated carbocycles. The van der Waals surface area contributed by atoms with Crippen LogP contribution in [-0.4, -0.2) is 26.2 Å². The Bertz CT molecular complexity index is 493. The topological polar surface area (TPSA) is 80.5 Å². The van der Waals surface area contributed by atoms with Gasteiger partial charge in [-0.25, -0.2) is 15.0 Å². The van der Waals surface area contributed by atoms with E-state index in [-0.39, 0.29) is 0 Å². The zero-order valence-corrected chi connectivity index (χ0v) is 10.3. The molecule has 0 amide bonds. The van der Waals surface area contributed by atoms with Gasteiger partial charge in [-0.2, -0.15) is 0 Å². The van der Waals surface area contributed by atoms with Gasteiger partial charge in [-0.15, -0.1) is 0 Å². The number of imidazole rings is 1. The number of rotatable bonds is 4. The summed E-state index contributed by atoms with van der Waals surface area (Å²) in [6.45, 7) is 2.16. The number of aromatic amines is 1. The van der Waals surface area contributed by atoms with Crippen molar-refractivity contribution in [2.45, 2.75) is 31.3 Å². The van der Waals surface area contributed by atoms with Crippen molar-refractivity contribution in [3.8, 4) is 0 Å². The van der Waals surface area contributed by atoms with Crippen molar-refractivity contribution in [2.24, 2.45) is 0 Å². The maximum absolute atomic E-state index is 5.84. The van der Waals surface area contributed by atoms with E-state index < -0.39 is 0 Å². The molecule has 6 heteroatoms. The normalized spacial score (nSPS) is 11.1. The van der Waals surface area contributed by atoms with Crippen molar-refractivity contribution in [2.75, 3.05) is 12.0 Å². The highest BCUT2D eigenvalue weighted by Crippen LogP contribution is 2.19. The van der Waals surface area contributed by atoms with Crippen LogP contribution in [0.3, 0.4) is 0 Å². The number of aryl methyl sites for hydroxylation is 1. The minimum atomic E-state index is 0.476. The smallest absolute Gasteiger partial charge is 0.191 e. The summed E-state index contributed by atoms with van der Waals surface area (Å²) in [5, 5.41) is 0.665. The van der Waals surface area contributed by atoms with E-state index in [9.17, 15) is 0 Å². The molecular formula is C10H15N5S. The summed E-state index contributed by atoms with van der Waals surface area (Å²) in [7, 11) is 0. The molecule has 0 aliphatic carbocycles. The first-order valence-corrected chi connectivity index (χ1v) is 6.53. The number of nitrogens with two attached hydrogens (primary N) is 1. The molecule has 0 aromatic carbocycles. The quantitative estimate of drug-likeness (QED) is 0.628. The number of thioether (sulfide) groups is 1. The Morgan fingerprint density at radius 1 is 1.31 bits per heavy atom. The number of H-pyrrole nitrogens is 1. The summed E-state index contributed by atoms with van der Waals surface area (Å²) < 4.78 is 0. The van der Waals surface area contributed by atoms with Gasteiger partial charge in [-0.3, -0.25) is 0 Å². The van der Waals surface area contributed by atoms with Crippen LogP contribution in [-0.2, 0) is 6.42 Å². The molecule has 2 aromatic rings. The minimum absolute atomic E-state index is 0.476. The van der Waals surface area contributed by atoms with Crippen LogP contribution in [0.1, 0.15) is 25.6 Å². The first kappa shape index (κ1) is 11.2. The average Bonchev–Trinajstić information content (AvgIpc) is 2.69. The molecule has 0 fully saturated rings. The van der Waals surface area contributed by atoms with Gasteiger partial charge in [0.15, 0.2) is 16.6 Å². The Morgan fingerprint density at radius 2 is 2.12 bits per heavy atom. The third-order valence-corrected chi connectivity index (χ3v) is 2.90. The standard InChI is InChI=1S/C10H15N5S/c1-3-4-5-6-12-7-8(11)14-10(16-2)15-9(7)13-6/h3-5H2,1-2H3,(H3,11,12,13,14,15). The molecule has 0 radical (unpaired) electrons. The van der Waals surface area contributed by atoms with Crippen LogP contribution in [0.15, 0.2) is 5.16 Å². The van der Waals surface area contributed by atoms with Gasteiger partial charge in [0, 0.05) is 6.42 Å². The maximum atomic E-state index is 5.84. The summed E-state index contributed by atoms with van der Waals surface area (Å²) in [6, 6.07) is 0. The van der Waals surface area contributed by atoms with Crippen molar-refractivity contribution in [1.82, 2.24) is 19.9 Å². The fourth-order valence-corrected chi connectivity index (χ4v) is 1.87. The molecule has 2 rings (SSSR count). The minimum Gasteiger partial charge on any atom is -0.382 e. The largest absolute Gasteiger partial charge is 0.382 e. The molecule has 0 atom stereocenters. The van der Waals surface area contributed by atoms with E-state index >= 15 is 0 Å². The maximum Gasteiger partial charge on any atom is 0.191 e. The SMILES string of the molecule is CCCCc1nc2nc(SC)nc(N)c2[nH]1. The van der Waals surface area contributed by atoms with Crippen molar-refractivity contribution in [3.05, 3.63) is 5.82 Å². The van der Waals surface area contributed by atoms with Gasteiger partial charge >= 0.3 is 0 Å². The lowest BCUT2D eigenvalue weighted by atomic mass is 10.2. The Balaban J connectivity index is 2.40. The second-order valence-electron chi connectivity index (χ2n) is 3.58. The molecule has 0 saturated heterocycles. The second kappa shape index (κ2) is 4.69. The Labute approximate surface area is 98.3 Å². The summed E-state index contributed by atoms with van der Waals surface area (Å²) in [5.41, 5.74) is 7.26. The number of unbranched alkanes of at least 4 members (excludes halogenated alkanes) is 1. The number of hydrogen-bond acceptors (Lipinski definition) is 5. The molecule has 0 aliphatic rings. The molecule has 86 valence electrons. The second-order valence-corrected chi connectivity index (χ2v) is 4.35. The highest BCUT2D eigenvalue weighted by atomic mass is 32.2. The van der Waals surface area contributed by atoms with Gasteiger partial charge in [-0.1, -0.05) is 25.1 Å². The lowest BCUT2D eigenvalue weighted by Gasteiger charge is -1.96. The van der Waals surface area contributed by atoms with Crippen LogP contribution in [0, 0.1) is 0 Å². The van der Waals surface area contributed by atoms with Crippen molar-refractivity contribution in [3.63, 3.8) is 0 Å². The predicted molar refractivity (Wildman–Crippen MR) is 66.5 cm³/mol. The van der Waals surface area contributed by atoms with Gasteiger partial charge in [0.1, 0.15) is 11.3 Å². The van der Waals surface area contributed by atoms with Crippen LogP contribution in [0.4, 0.5) is 5.82 Å². The first-order chi connectivity index (χ1) is 7.74. The molecule has 0 bridgehead atoms. The number of nitrogens with zero attached hydrogens (tertiary/aromatic N) is 3. The zero-order chi connectivity index (χ0) is 11.5. The van der Waals surface area contributed by atoms with Crippen molar-refractivity contribution in [1.29, 1.82) is 0 Å². The number of nitrogen functional groups attached to an aromatic ring is 1. The van der Waals surface area contributed by atoms with Crippen LogP contribution < -0.4 is 5.73 Å². The highest BCUT2D eigenvalue weighted by molar-refractivity contribution is 7.98. The van der Waals surface area contributed by atoms with E-state index in [2.05, 4.69) is 26.9 Å². The van der Waals surface area contributed by atoms with E-state index in [0.717, 1.165) is 30.6 Å². The molecule has 2 aromatic heterocycles. The summed E-state index contributed by atoms with van der Waals surface area (Å²) >= 11 is 1.47. The van der Waals surface area contributed by atoms with Crippen LogP contribution in [0.25, 0.3) is 11.2 Å². The molecular weight excluding hydrogens is 222 g/mol. The number of fused-ring (bicyclic) bond motifs is 1. The number of nitrogens with one attached hydrogen (secondary N) is 1. The average molecular weight is 237 g/mol. The Kier molecular flexibility index (Phi) is 3.28. The van der Waals surface area contributed by atoms with Gasteiger partial charge in [0.2, 0.25) is 0 Å². The van der Waals surface area contributed by atoms with Gasteiger partial charge < -0.3 is 10.7 Å². The summed E-state index contributed by atoms with van der Waals surface area (Å²) in [6.07, 6.45) is 5.11. The third-order valence-electron chi connectivity index (χ3n) is 2.36. The fourth-order valence-electron chi connectivity index (χ4n) is 1.50. The molecule has 0 spiro atoms. The third kappa shape index (κ3) is 2.11. The van der Waals surface area contributed by atoms with Gasteiger partial charge in [0.25, 0.3) is 0 Å². The van der Waals surface area contributed by atoms with E-state index in [1.165, 1.54) is 11.8 Å². The zero-order valence-electron chi connectivity index (χ0n) is 9.45. The number of anilines is 1. The molecule has 3 N–H and O–H groups in total. The first-order valence-electron chi connectivity index (χ1n) is 5.30. The van der Waals surface area contributed by atoms with Crippen LogP contribution in [0.5, 0.6) is 0 Å². The summed E-state index contributed by atoms with van der Waals surface area (Å²) in [4.78, 5) is 16.1. The number of hydrogen-bond donors (Lipinski definition) is 2. The van der Waals surface area contributed by atoms with E-state index in [4.69, 9.17) is 5.73 Å². The molecule has 2 heterocycles. The lowest BCUT2D eigenvalue weighted by molar-refractivity contribution is 0.764. The number of aromatic nitrogens is 4. The van der Waals surface area contributed by atoms with Crippen molar-refractivity contribution >= 4 is 28.7 Å². The Hall–Kier alpha value is -1.30.